The van der Waals surface area contributed by atoms with E-state index >= 15 is 0 Å². The molecule has 0 saturated carbocycles. The number of ether oxygens (including phenoxy) is 2. The van der Waals surface area contributed by atoms with Gasteiger partial charge in [-0.2, -0.15) is 0 Å². The van der Waals surface area contributed by atoms with Crippen LogP contribution in [-0.2, 0) is 4.74 Å². The number of hydrogen-bond donors (Lipinski definition) is 1. The molecule has 5 heteroatoms. The molecule has 0 amide bonds. The smallest absolute Gasteiger partial charge is 0.345 e. The highest BCUT2D eigenvalue weighted by atomic mass is 19.1. The molecular formula is C11H13FO4. The molecule has 0 spiro atoms. The van der Waals surface area contributed by atoms with Gasteiger partial charge in [0.15, 0.2) is 0 Å². The quantitative estimate of drug-likeness (QED) is 0.802. The molecule has 0 atom stereocenters. The topological polar surface area (TPSA) is 55.8 Å². The van der Waals surface area contributed by atoms with Gasteiger partial charge in [0.2, 0.25) is 0 Å². The fourth-order valence-corrected chi connectivity index (χ4v) is 1.25. The Morgan fingerprint density at radius 3 is 2.62 bits per heavy atom. The molecule has 16 heavy (non-hydrogen) atoms. The summed E-state index contributed by atoms with van der Waals surface area (Å²) in [6, 6.07) is 1.88. The first-order valence-corrected chi connectivity index (χ1v) is 4.92. The maximum Gasteiger partial charge on any atom is 0.345 e. The first-order valence-electron chi connectivity index (χ1n) is 4.92. The Kier molecular flexibility index (Phi) is 4.10. The van der Waals surface area contributed by atoms with E-state index < -0.39 is 17.5 Å². The van der Waals surface area contributed by atoms with Crippen LogP contribution in [0.5, 0.6) is 11.5 Å². The van der Waals surface area contributed by atoms with Gasteiger partial charge in [0, 0.05) is 12.1 Å². The summed E-state index contributed by atoms with van der Waals surface area (Å²) in [5, 5.41) is 9.48. The second kappa shape index (κ2) is 5.34. The lowest BCUT2D eigenvalue weighted by molar-refractivity contribution is 0.0518. The third-order valence-corrected chi connectivity index (χ3v) is 1.83. The number of carbonyl (C=O) groups is 1. The first-order chi connectivity index (χ1) is 7.60. The van der Waals surface area contributed by atoms with Gasteiger partial charge >= 0.3 is 5.97 Å². The predicted molar refractivity (Wildman–Crippen MR) is 55.2 cm³/mol. The van der Waals surface area contributed by atoms with Gasteiger partial charge in [-0.1, -0.05) is 0 Å². The molecule has 1 aromatic rings. The number of hydrogen-bond acceptors (Lipinski definition) is 4. The minimum Gasteiger partial charge on any atom is -0.507 e. The molecule has 1 aromatic carbocycles. The van der Waals surface area contributed by atoms with E-state index in [1.54, 1.807) is 13.8 Å². The van der Waals surface area contributed by atoms with Crippen LogP contribution in [-0.4, -0.2) is 24.3 Å². The summed E-state index contributed by atoms with van der Waals surface area (Å²) >= 11 is 0. The number of phenols is 1. The monoisotopic (exact) mass is 228 g/mol. The van der Waals surface area contributed by atoms with Crippen molar-refractivity contribution in [3.63, 3.8) is 0 Å². The van der Waals surface area contributed by atoms with Crippen LogP contribution < -0.4 is 4.74 Å². The molecule has 0 unspecified atom stereocenters. The van der Waals surface area contributed by atoms with E-state index in [4.69, 9.17) is 9.47 Å². The standard InChI is InChI=1S/C11H13FO4/c1-3-15-9-6-7(12)5-8(13)10(9)11(14)16-4-2/h5-6,13H,3-4H2,1-2H3. The molecule has 0 radical (unpaired) electrons. The van der Waals surface area contributed by atoms with Crippen LogP contribution in [0.25, 0.3) is 0 Å². The van der Waals surface area contributed by atoms with E-state index in [0.29, 0.717) is 0 Å². The predicted octanol–water partition coefficient (Wildman–Crippen LogP) is 2.11. The summed E-state index contributed by atoms with van der Waals surface area (Å²) in [6.45, 7) is 3.76. The first kappa shape index (κ1) is 12.3. The Morgan fingerprint density at radius 2 is 2.06 bits per heavy atom. The summed E-state index contributed by atoms with van der Waals surface area (Å²) in [5.74, 6) is -1.90. The second-order valence-corrected chi connectivity index (χ2v) is 2.95. The number of phenolic OH excluding ortho intramolecular Hbond substituents is 1. The average molecular weight is 228 g/mol. The Bertz CT molecular complexity index is 390. The van der Waals surface area contributed by atoms with Crippen molar-refractivity contribution in [2.75, 3.05) is 13.2 Å². The Labute approximate surface area is 92.6 Å². The number of carbonyl (C=O) groups excluding carboxylic acids is 1. The molecule has 0 aliphatic heterocycles. The summed E-state index contributed by atoms with van der Waals surface area (Å²) in [6.07, 6.45) is 0. The van der Waals surface area contributed by atoms with Crippen molar-refractivity contribution in [3.05, 3.63) is 23.5 Å². The van der Waals surface area contributed by atoms with E-state index in [0.717, 1.165) is 12.1 Å². The zero-order chi connectivity index (χ0) is 12.1. The van der Waals surface area contributed by atoms with Gasteiger partial charge in [0.05, 0.1) is 13.2 Å². The molecule has 0 aromatic heterocycles. The molecule has 1 N–H and O–H groups in total. The van der Waals surface area contributed by atoms with Crippen molar-refractivity contribution < 1.29 is 23.8 Å². The van der Waals surface area contributed by atoms with Gasteiger partial charge in [-0.25, -0.2) is 9.18 Å². The van der Waals surface area contributed by atoms with Crippen molar-refractivity contribution in [2.24, 2.45) is 0 Å². The molecule has 0 fully saturated rings. The summed E-state index contributed by atoms with van der Waals surface area (Å²) < 4.78 is 22.8. The van der Waals surface area contributed by atoms with E-state index in [1.165, 1.54) is 0 Å². The molecular weight excluding hydrogens is 215 g/mol. The van der Waals surface area contributed by atoms with E-state index in [-0.39, 0.29) is 24.5 Å². The largest absolute Gasteiger partial charge is 0.507 e. The highest BCUT2D eigenvalue weighted by Gasteiger charge is 2.20. The van der Waals surface area contributed by atoms with Gasteiger partial charge in [-0.15, -0.1) is 0 Å². The Balaban J connectivity index is 3.18. The van der Waals surface area contributed by atoms with Gasteiger partial charge in [-0.05, 0) is 13.8 Å². The highest BCUT2D eigenvalue weighted by molar-refractivity contribution is 5.95. The zero-order valence-electron chi connectivity index (χ0n) is 9.12. The summed E-state index contributed by atoms with van der Waals surface area (Å²) in [5.41, 5.74) is -0.148. The second-order valence-electron chi connectivity index (χ2n) is 2.95. The number of benzene rings is 1. The van der Waals surface area contributed by atoms with Gasteiger partial charge in [0.25, 0.3) is 0 Å². The fourth-order valence-electron chi connectivity index (χ4n) is 1.25. The molecule has 4 nitrogen and oxygen atoms in total. The van der Waals surface area contributed by atoms with Crippen LogP contribution in [0.15, 0.2) is 12.1 Å². The van der Waals surface area contributed by atoms with Crippen LogP contribution >= 0.6 is 0 Å². The van der Waals surface area contributed by atoms with Gasteiger partial charge in [0.1, 0.15) is 22.9 Å². The maximum absolute atomic E-state index is 13.0. The lowest BCUT2D eigenvalue weighted by atomic mass is 10.1. The lowest BCUT2D eigenvalue weighted by Crippen LogP contribution is -2.08. The number of esters is 1. The number of aromatic hydroxyl groups is 1. The van der Waals surface area contributed by atoms with E-state index in [2.05, 4.69) is 0 Å². The Morgan fingerprint density at radius 1 is 1.38 bits per heavy atom. The molecule has 0 aliphatic carbocycles. The molecule has 0 bridgehead atoms. The molecule has 0 aliphatic rings. The van der Waals surface area contributed by atoms with Gasteiger partial charge in [-0.3, -0.25) is 0 Å². The van der Waals surface area contributed by atoms with Gasteiger partial charge < -0.3 is 14.6 Å². The van der Waals surface area contributed by atoms with Crippen molar-refractivity contribution in [3.8, 4) is 11.5 Å². The zero-order valence-corrected chi connectivity index (χ0v) is 9.12. The van der Waals surface area contributed by atoms with Crippen molar-refractivity contribution in [1.82, 2.24) is 0 Å². The lowest BCUT2D eigenvalue weighted by Gasteiger charge is -2.10. The van der Waals surface area contributed by atoms with Crippen LogP contribution in [0.3, 0.4) is 0 Å². The number of halogens is 1. The minimum absolute atomic E-state index is 0.0153. The molecule has 0 heterocycles. The SMILES string of the molecule is CCOC(=O)c1c(O)cc(F)cc1OCC. The minimum atomic E-state index is -0.733. The average Bonchev–Trinajstić information content (AvgIpc) is 2.17. The van der Waals surface area contributed by atoms with Crippen LogP contribution in [0.2, 0.25) is 0 Å². The van der Waals surface area contributed by atoms with Crippen LogP contribution in [0.4, 0.5) is 4.39 Å². The van der Waals surface area contributed by atoms with Crippen LogP contribution in [0, 0.1) is 5.82 Å². The fraction of sp³-hybridized carbons (Fsp3) is 0.364. The maximum atomic E-state index is 13.0. The molecule has 88 valence electrons. The highest BCUT2D eigenvalue weighted by Crippen LogP contribution is 2.30. The van der Waals surface area contributed by atoms with E-state index in [1.807, 2.05) is 0 Å². The van der Waals surface area contributed by atoms with Crippen molar-refractivity contribution in [1.29, 1.82) is 0 Å². The third-order valence-electron chi connectivity index (χ3n) is 1.83. The van der Waals surface area contributed by atoms with Crippen molar-refractivity contribution in [2.45, 2.75) is 13.8 Å². The Hall–Kier alpha value is -1.78. The third kappa shape index (κ3) is 2.62. The summed E-state index contributed by atoms with van der Waals surface area (Å²) in [7, 11) is 0. The normalized spacial score (nSPS) is 9.94. The number of rotatable bonds is 4. The van der Waals surface area contributed by atoms with E-state index in [9.17, 15) is 14.3 Å². The molecule has 1 rings (SSSR count). The van der Waals surface area contributed by atoms with Crippen LogP contribution in [0.1, 0.15) is 24.2 Å². The molecule has 0 saturated heterocycles. The summed E-state index contributed by atoms with van der Waals surface area (Å²) in [4.78, 5) is 11.5. The van der Waals surface area contributed by atoms with Crippen molar-refractivity contribution >= 4 is 5.97 Å².